The molecule has 158 valence electrons. The van der Waals surface area contributed by atoms with Crippen LogP contribution in [0, 0.1) is 0 Å². The Morgan fingerprint density at radius 2 is 1.52 bits per heavy atom. The summed E-state index contributed by atoms with van der Waals surface area (Å²) in [5.74, 6) is -0.102. The Kier molecular flexibility index (Phi) is 6.62. The minimum atomic E-state index is -0.555. The van der Waals surface area contributed by atoms with Crippen LogP contribution in [0.3, 0.4) is 0 Å². The second-order valence-electron chi connectivity index (χ2n) is 7.55. The van der Waals surface area contributed by atoms with E-state index in [-0.39, 0.29) is 19.1 Å². The van der Waals surface area contributed by atoms with Crippen molar-refractivity contribution in [3.05, 3.63) is 101 Å². The third-order valence-electron chi connectivity index (χ3n) is 5.40. The average Bonchev–Trinajstić information content (AvgIpc) is 2.82. The zero-order valence-electron chi connectivity index (χ0n) is 17.3. The van der Waals surface area contributed by atoms with Gasteiger partial charge in [0.05, 0.1) is 0 Å². The largest absolute Gasteiger partial charge is 0.482 e. The molecule has 0 bridgehead atoms. The Hall–Kier alpha value is -3.60. The van der Waals surface area contributed by atoms with Crippen LogP contribution in [0.1, 0.15) is 22.3 Å². The van der Waals surface area contributed by atoms with E-state index in [4.69, 9.17) is 9.47 Å². The van der Waals surface area contributed by atoms with Crippen molar-refractivity contribution in [1.29, 1.82) is 0 Å². The van der Waals surface area contributed by atoms with Gasteiger partial charge in [-0.25, -0.2) is 4.79 Å². The van der Waals surface area contributed by atoms with Crippen LogP contribution in [0.2, 0.25) is 0 Å². The highest BCUT2D eigenvalue weighted by Crippen LogP contribution is 2.22. The number of fused-ring (bicyclic) bond motifs is 1. The molecular formula is C26H25NO4. The number of para-hydroxylation sites is 1. The SMILES string of the molecule is O=C(COc1ccccc1Cc1ccccc1)OCC(=O)N1CCc2ccccc2C1. The summed E-state index contributed by atoms with van der Waals surface area (Å²) in [6.07, 6.45) is 1.53. The Balaban J connectivity index is 1.26. The van der Waals surface area contributed by atoms with Crippen LogP contribution >= 0.6 is 0 Å². The van der Waals surface area contributed by atoms with E-state index in [2.05, 4.69) is 18.2 Å². The van der Waals surface area contributed by atoms with Crippen molar-refractivity contribution in [2.75, 3.05) is 19.8 Å². The number of carbonyl (C=O) groups excluding carboxylic acids is 2. The van der Waals surface area contributed by atoms with E-state index >= 15 is 0 Å². The summed E-state index contributed by atoms with van der Waals surface area (Å²) in [6.45, 7) is 0.685. The molecule has 0 aromatic heterocycles. The van der Waals surface area contributed by atoms with Crippen LogP contribution in [0.25, 0.3) is 0 Å². The average molecular weight is 415 g/mol. The summed E-state index contributed by atoms with van der Waals surface area (Å²) in [6, 6.07) is 25.8. The summed E-state index contributed by atoms with van der Waals surface area (Å²) >= 11 is 0. The van der Waals surface area contributed by atoms with Crippen molar-refractivity contribution in [2.45, 2.75) is 19.4 Å². The second kappa shape index (κ2) is 9.94. The highest BCUT2D eigenvalue weighted by atomic mass is 16.6. The summed E-state index contributed by atoms with van der Waals surface area (Å²) in [7, 11) is 0. The number of hydrogen-bond acceptors (Lipinski definition) is 4. The molecule has 0 radical (unpaired) electrons. The lowest BCUT2D eigenvalue weighted by Crippen LogP contribution is -2.38. The fraction of sp³-hybridized carbons (Fsp3) is 0.231. The van der Waals surface area contributed by atoms with E-state index in [0.29, 0.717) is 25.3 Å². The molecule has 4 rings (SSSR count). The van der Waals surface area contributed by atoms with Crippen LogP contribution < -0.4 is 4.74 Å². The monoisotopic (exact) mass is 415 g/mol. The van der Waals surface area contributed by atoms with Crippen LogP contribution in [0.15, 0.2) is 78.9 Å². The van der Waals surface area contributed by atoms with Gasteiger partial charge in [0.25, 0.3) is 5.91 Å². The van der Waals surface area contributed by atoms with Gasteiger partial charge in [0.1, 0.15) is 5.75 Å². The van der Waals surface area contributed by atoms with Crippen LogP contribution in [0.5, 0.6) is 5.75 Å². The zero-order valence-corrected chi connectivity index (χ0v) is 17.3. The summed E-state index contributed by atoms with van der Waals surface area (Å²) in [5, 5.41) is 0. The van der Waals surface area contributed by atoms with Gasteiger partial charge in [-0.1, -0.05) is 72.8 Å². The quantitative estimate of drug-likeness (QED) is 0.551. The fourth-order valence-electron chi connectivity index (χ4n) is 3.73. The first-order chi connectivity index (χ1) is 15.2. The van der Waals surface area contributed by atoms with Crippen LogP contribution in [-0.2, 0) is 33.7 Å². The third kappa shape index (κ3) is 5.51. The van der Waals surface area contributed by atoms with Gasteiger partial charge in [-0.2, -0.15) is 0 Å². The molecule has 1 aliphatic heterocycles. The molecule has 1 aliphatic rings. The standard InChI is InChI=1S/C26H25NO4/c28-25(27-15-14-21-10-4-5-12-23(21)17-27)18-31-26(29)19-30-24-13-7-6-11-22(24)16-20-8-2-1-3-9-20/h1-13H,14-19H2. The Morgan fingerprint density at radius 1 is 0.806 bits per heavy atom. The molecular weight excluding hydrogens is 390 g/mol. The summed E-state index contributed by atoms with van der Waals surface area (Å²) < 4.78 is 10.9. The van der Waals surface area contributed by atoms with Gasteiger partial charge in [0.15, 0.2) is 13.2 Å². The van der Waals surface area contributed by atoms with Crippen molar-refractivity contribution in [3.8, 4) is 5.75 Å². The number of amides is 1. The molecule has 0 unspecified atom stereocenters. The smallest absolute Gasteiger partial charge is 0.344 e. The van der Waals surface area contributed by atoms with Gasteiger partial charge in [-0.3, -0.25) is 4.79 Å². The number of hydrogen-bond donors (Lipinski definition) is 0. The van der Waals surface area contributed by atoms with Crippen molar-refractivity contribution >= 4 is 11.9 Å². The highest BCUT2D eigenvalue weighted by Gasteiger charge is 2.21. The summed E-state index contributed by atoms with van der Waals surface area (Å²) in [5.41, 5.74) is 4.57. The lowest BCUT2D eigenvalue weighted by molar-refractivity contribution is -0.154. The first-order valence-corrected chi connectivity index (χ1v) is 10.4. The topological polar surface area (TPSA) is 55.8 Å². The molecule has 0 saturated heterocycles. The van der Waals surface area contributed by atoms with E-state index in [1.54, 1.807) is 4.90 Å². The maximum Gasteiger partial charge on any atom is 0.344 e. The van der Waals surface area contributed by atoms with Crippen LogP contribution in [0.4, 0.5) is 0 Å². The number of rotatable bonds is 7. The number of esters is 1. The van der Waals surface area contributed by atoms with Gasteiger partial charge in [0, 0.05) is 19.5 Å². The van der Waals surface area contributed by atoms with E-state index < -0.39 is 5.97 Å². The number of benzene rings is 3. The Morgan fingerprint density at radius 3 is 2.35 bits per heavy atom. The van der Waals surface area contributed by atoms with Crippen molar-refractivity contribution in [2.24, 2.45) is 0 Å². The zero-order chi connectivity index (χ0) is 21.5. The maximum absolute atomic E-state index is 12.5. The predicted octanol–water partition coefficient (Wildman–Crippen LogP) is 3.78. The van der Waals surface area contributed by atoms with E-state index in [9.17, 15) is 9.59 Å². The number of carbonyl (C=O) groups is 2. The highest BCUT2D eigenvalue weighted by molar-refractivity contribution is 5.81. The molecule has 0 fully saturated rings. The maximum atomic E-state index is 12.5. The van der Waals surface area contributed by atoms with Crippen molar-refractivity contribution in [3.63, 3.8) is 0 Å². The molecule has 1 heterocycles. The van der Waals surface area contributed by atoms with E-state index in [1.165, 1.54) is 5.56 Å². The van der Waals surface area contributed by atoms with E-state index in [0.717, 1.165) is 23.1 Å². The lowest BCUT2D eigenvalue weighted by Gasteiger charge is -2.28. The van der Waals surface area contributed by atoms with Crippen LogP contribution in [-0.4, -0.2) is 36.5 Å². The minimum absolute atomic E-state index is 0.188. The molecule has 31 heavy (non-hydrogen) atoms. The van der Waals surface area contributed by atoms with Crippen molar-refractivity contribution in [1.82, 2.24) is 4.90 Å². The minimum Gasteiger partial charge on any atom is -0.482 e. The Bertz CT molecular complexity index is 1050. The van der Waals surface area contributed by atoms with E-state index in [1.807, 2.05) is 60.7 Å². The molecule has 0 spiro atoms. The molecule has 3 aromatic rings. The molecule has 0 saturated carbocycles. The Labute approximate surface area is 182 Å². The molecule has 3 aromatic carbocycles. The first kappa shape index (κ1) is 20.7. The van der Waals surface area contributed by atoms with Gasteiger partial charge < -0.3 is 14.4 Å². The third-order valence-corrected chi connectivity index (χ3v) is 5.40. The molecule has 0 aliphatic carbocycles. The molecule has 1 amide bonds. The fourth-order valence-corrected chi connectivity index (χ4v) is 3.73. The van der Waals surface area contributed by atoms with Gasteiger partial charge in [0.2, 0.25) is 0 Å². The lowest BCUT2D eigenvalue weighted by atomic mass is 10.00. The second-order valence-corrected chi connectivity index (χ2v) is 7.55. The first-order valence-electron chi connectivity index (χ1n) is 10.4. The number of ether oxygens (including phenoxy) is 2. The van der Waals surface area contributed by atoms with Gasteiger partial charge >= 0.3 is 5.97 Å². The number of nitrogens with zero attached hydrogens (tertiary/aromatic N) is 1. The van der Waals surface area contributed by atoms with Crippen molar-refractivity contribution < 1.29 is 19.1 Å². The van der Waals surface area contributed by atoms with Gasteiger partial charge in [-0.05, 0) is 34.7 Å². The molecule has 5 heteroatoms. The van der Waals surface area contributed by atoms with Gasteiger partial charge in [-0.15, -0.1) is 0 Å². The predicted molar refractivity (Wildman–Crippen MR) is 118 cm³/mol. The molecule has 0 atom stereocenters. The summed E-state index contributed by atoms with van der Waals surface area (Å²) in [4.78, 5) is 26.3. The normalized spacial score (nSPS) is 12.7. The molecule has 0 N–H and O–H groups in total. The molecule has 5 nitrogen and oxygen atoms in total.